The molecule has 0 aliphatic carbocycles. The number of hydrogen-bond acceptors (Lipinski definition) is 3. The van der Waals surface area contributed by atoms with Crippen LogP contribution in [0.5, 0.6) is 0 Å². The van der Waals surface area contributed by atoms with Crippen molar-refractivity contribution in [1.29, 1.82) is 5.26 Å². The van der Waals surface area contributed by atoms with Gasteiger partial charge in [0.1, 0.15) is 11.6 Å². The lowest BCUT2D eigenvalue weighted by Gasteiger charge is -2.21. The zero-order chi connectivity index (χ0) is 20.0. The molecule has 2 rings (SSSR count). The molecule has 1 atom stereocenters. The third-order valence-corrected chi connectivity index (χ3v) is 4.77. The van der Waals surface area contributed by atoms with Crippen molar-refractivity contribution in [2.24, 2.45) is 5.92 Å². The fourth-order valence-electron chi connectivity index (χ4n) is 3.36. The number of rotatable bonds is 7. The molecule has 27 heavy (non-hydrogen) atoms. The molecular formula is C22H27N3O2. The lowest BCUT2D eigenvalue weighted by atomic mass is 9.96. The molecular weight excluding hydrogens is 338 g/mol. The van der Waals surface area contributed by atoms with Gasteiger partial charge in [0.15, 0.2) is 0 Å². The molecule has 0 saturated carbocycles. The quantitative estimate of drug-likeness (QED) is 0.784. The van der Waals surface area contributed by atoms with E-state index < -0.39 is 0 Å². The van der Waals surface area contributed by atoms with Crippen molar-refractivity contribution < 1.29 is 4.79 Å². The van der Waals surface area contributed by atoms with Crippen LogP contribution in [0.3, 0.4) is 0 Å². The Bertz CT molecular complexity index is 892. The molecule has 2 aromatic rings. The summed E-state index contributed by atoms with van der Waals surface area (Å²) in [5.74, 6) is 0.422. The Morgan fingerprint density at radius 1 is 1.22 bits per heavy atom. The smallest absolute Gasteiger partial charge is 0.266 e. The summed E-state index contributed by atoms with van der Waals surface area (Å²) in [6.45, 7) is 7.84. The zero-order valence-corrected chi connectivity index (χ0v) is 16.4. The number of aryl methyl sites for hydroxylation is 1. The minimum Gasteiger partial charge on any atom is -0.349 e. The lowest BCUT2D eigenvalue weighted by Crippen LogP contribution is -2.30. The first-order chi connectivity index (χ1) is 12.8. The predicted octanol–water partition coefficient (Wildman–Crippen LogP) is 3.70. The molecule has 1 aromatic carbocycles. The highest BCUT2D eigenvalue weighted by Gasteiger charge is 2.17. The number of nitrogens with one attached hydrogen (secondary N) is 2. The van der Waals surface area contributed by atoms with Gasteiger partial charge in [0, 0.05) is 12.1 Å². The van der Waals surface area contributed by atoms with Crippen molar-refractivity contribution in [1.82, 2.24) is 10.3 Å². The number of pyridine rings is 1. The van der Waals surface area contributed by atoms with Crippen LogP contribution < -0.4 is 10.9 Å². The summed E-state index contributed by atoms with van der Waals surface area (Å²) in [5.41, 5.74) is 3.09. The molecule has 0 bridgehead atoms. The van der Waals surface area contributed by atoms with Gasteiger partial charge in [-0.3, -0.25) is 9.59 Å². The average molecular weight is 365 g/mol. The second-order valence-electron chi connectivity index (χ2n) is 7.33. The first-order valence-electron chi connectivity index (χ1n) is 9.30. The highest BCUT2D eigenvalue weighted by molar-refractivity contribution is 5.76. The second kappa shape index (κ2) is 9.18. The topological polar surface area (TPSA) is 85.8 Å². The maximum absolute atomic E-state index is 12.6. The Morgan fingerprint density at radius 3 is 2.48 bits per heavy atom. The maximum atomic E-state index is 12.6. The fourth-order valence-corrected chi connectivity index (χ4v) is 3.36. The third-order valence-electron chi connectivity index (χ3n) is 4.77. The Hall–Kier alpha value is -2.87. The monoisotopic (exact) mass is 365 g/mol. The van der Waals surface area contributed by atoms with Crippen molar-refractivity contribution in [3.63, 3.8) is 0 Å². The molecule has 2 N–H and O–H groups in total. The van der Waals surface area contributed by atoms with Crippen LogP contribution in [0.4, 0.5) is 0 Å². The van der Waals surface area contributed by atoms with E-state index in [0.29, 0.717) is 30.0 Å². The van der Waals surface area contributed by atoms with E-state index >= 15 is 0 Å². The number of carbonyl (C=O) groups is 1. The van der Waals surface area contributed by atoms with E-state index in [-0.39, 0.29) is 23.1 Å². The Labute approximate surface area is 160 Å². The third kappa shape index (κ3) is 5.30. The number of H-pyrrole nitrogens is 1. The Morgan fingerprint density at radius 2 is 1.89 bits per heavy atom. The number of nitriles is 1. The van der Waals surface area contributed by atoms with E-state index in [1.165, 1.54) is 0 Å². The number of nitrogens with zero attached hydrogens (tertiary/aromatic N) is 1. The van der Waals surface area contributed by atoms with Crippen LogP contribution in [0.2, 0.25) is 0 Å². The number of aromatic nitrogens is 1. The van der Waals surface area contributed by atoms with E-state index in [1.807, 2.05) is 36.4 Å². The normalized spacial score (nSPS) is 11.9. The maximum Gasteiger partial charge on any atom is 0.266 e. The van der Waals surface area contributed by atoms with Gasteiger partial charge < -0.3 is 10.3 Å². The minimum absolute atomic E-state index is 0.0221. The molecule has 5 nitrogen and oxygen atoms in total. The second-order valence-corrected chi connectivity index (χ2v) is 7.33. The Kier molecular flexibility index (Phi) is 6.95. The largest absolute Gasteiger partial charge is 0.349 e. The fraction of sp³-hybridized carbons (Fsp3) is 0.409. The summed E-state index contributed by atoms with van der Waals surface area (Å²) < 4.78 is 0. The summed E-state index contributed by atoms with van der Waals surface area (Å²) in [6.07, 6.45) is 1.66. The molecule has 1 heterocycles. The van der Waals surface area contributed by atoms with Crippen molar-refractivity contribution in [2.45, 2.75) is 53.0 Å². The molecule has 0 aliphatic rings. The predicted molar refractivity (Wildman–Crippen MR) is 106 cm³/mol. The van der Waals surface area contributed by atoms with Gasteiger partial charge in [-0.25, -0.2) is 0 Å². The van der Waals surface area contributed by atoms with Crippen LogP contribution in [-0.2, 0) is 11.2 Å². The summed E-state index contributed by atoms with van der Waals surface area (Å²) in [5, 5.41) is 12.3. The number of benzene rings is 1. The van der Waals surface area contributed by atoms with E-state index in [4.69, 9.17) is 0 Å². The molecule has 142 valence electrons. The summed E-state index contributed by atoms with van der Waals surface area (Å²) >= 11 is 0. The highest BCUT2D eigenvalue weighted by Crippen LogP contribution is 2.22. The molecule has 1 amide bonds. The van der Waals surface area contributed by atoms with E-state index in [9.17, 15) is 14.9 Å². The van der Waals surface area contributed by atoms with Crippen molar-refractivity contribution in [2.75, 3.05) is 0 Å². The molecule has 0 fully saturated rings. The van der Waals surface area contributed by atoms with E-state index in [1.54, 1.807) is 13.8 Å². The van der Waals surface area contributed by atoms with Crippen molar-refractivity contribution in [3.05, 3.63) is 68.6 Å². The number of carbonyl (C=O) groups excluding carboxylic acids is 1. The van der Waals surface area contributed by atoms with Crippen LogP contribution in [0, 0.1) is 31.1 Å². The van der Waals surface area contributed by atoms with Gasteiger partial charge in [-0.1, -0.05) is 44.2 Å². The minimum atomic E-state index is -0.373. The van der Waals surface area contributed by atoms with Crippen LogP contribution in [0.15, 0.2) is 35.1 Å². The summed E-state index contributed by atoms with van der Waals surface area (Å²) in [7, 11) is 0. The lowest BCUT2D eigenvalue weighted by molar-refractivity contribution is -0.121. The molecule has 1 aromatic heterocycles. The zero-order valence-electron chi connectivity index (χ0n) is 16.4. The van der Waals surface area contributed by atoms with Gasteiger partial charge in [-0.05, 0) is 49.3 Å². The van der Waals surface area contributed by atoms with Gasteiger partial charge in [0.2, 0.25) is 5.91 Å². The molecule has 0 saturated heterocycles. The average Bonchev–Trinajstić information content (AvgIpc) is 2.61. The van der Waals surface area contributed by atoms with E-state index in [0.717, 1.165) is 17.5 Å². The van der Waals surface area contributed by atoms with E-state index in [2.05, 4.69) is 24.1 Å². The van der Waals surface area contributed by atoms with Crippen molar-refractivity contribution >= 4 is 5.91 Å². The van der Waals surface area contributed by atoms with Crippen LogP contribution in [0.1, 0.15) is 60.7 Å². The first kappa shape index (κ1) is 20.4. The van der Waals surface area contributed by atoms with Gasteiger partial charge >= 0.3 is 0 Å². The van der Waals surface area contributed by atoms with Crippen LogP contribution in [-0.4, -0.2) is 10.9 Å². The SMILES string of the molecule is Cc1[nH]c(=O)c(C#N)c(C)c1CCC(=O)NC(CC(C)C)c1ccccc1. The van der Waals surface area contributed by atoms with Gasteiger partial charge in [0.05, 0.1) is 6.04 Å². The number of amides is 1. The molecule has 5 heteroatoms. The molecule has 1 unspecified atom stereocenters. The Balaban J connectivity index is 2.11. The highest BCUT2D eigenvalue weighted by atomic mass is 16.1. The first-order valence-corrected chi connectivity index (χ1v) is 9.30. The molecule has 0 aliphatic heterocycles. The van der Waals surface area contributed by atoms with Crippen molar-refractivity contribution in [3.8, 4) is 6.07 Å². The summed E-state index contributed by atoms with van der Waals surface area (Å²) in [4.78, 5) is 27.1. The van der Waals surface area contributed by atoms with Gasteiger partial charge in [-0.15, -0.1) is 0 Å². The standard InChI is InChI=1S/C22H27N3O2/c1-14(2)12-20(17-8-6-5-7-9-17)25-21(26)11-10-18-15(3)19(13-23)22(27)24-16(18)4/h5-9,14,20H,10-12H2,1-4H3,(H,24,27)(H,25,26). The molecule has 0 radical (unpaired) electrons. The van der Waals surface area contributed by atoms with Gasteiger partial charge in [-0.2, -0.15) is 5.26 Å². The molecule has 0 spiro atoms. The number of aromatic amines is 1. The van der Waals surface area contributed by atoms with Crippen LogP contribution >= 0.6 is 0 Å². The number of hydrogen-bond donors (Lipinski definition) is 2. The summed E-state index contributed by atoms with van der Waals surface area (Å²) in [6, 6.07) is 11.9. The van der Waals surface area contributed by atoms with Gasteiger partial charge in [0.25, 0.3) is 5.56 Å². The van der Waals surface area contributed by atoms with Crippen LogP contribution in [0.25, 0.3) is 0 Å².